The molecule has 100 valence electrons. The highest BCUT2D eigenvalue weighted by molar-refractivity contribution is 5.15. The van der Waals surface area contributed by atoms with Crippen molar-refractivity contribution in [3.63, 3.8) is 0 Å². The molecule has 2 N–H and O–H groups in total. The minimum atomic E-state index is 0.228. The Morgan fingerprint density at radius 3 is 2.56 bits per heavy atom. The van der Waals surface area contributed by atoms with Gasteiger partial charge in [0.05, 0.1) is 6.10 Å². The molecule has 0 aliphatic carbocycles. The third kappa shape index (κ3) is 4.09. The molecule has 0 aromatic heterocycles. The lowest BCUT2D eigenvalue weighted by molar-refractivity contribution is 0.0395. The highest BCUT2D eigenvalue weighted by Crippen LogP contribution is 2.13. The van der Waals surface area contributed by atoms with E-state index in [9.17, 15) is 0 Å². The van der Waals surface area contributed by atoms with Gasteiger partial charge in [-0.05, 0) is 24.8 Å². The van der Waals surface area contributed by atoms with Crippen molar-refractivity contribution in [2.45, 2.75) is 31.4 Å². The third-order valence-corrected chi connectivity index (χ3v) is 3.70. The molecule has 1 saturated heterocycles. The van der Waals surface area contributed by atoms with E-state index in [0.717, 1.165) is 38.9 Å². The van der Waals surface area contributed by atoms with Gasteiger partial charge in [0.25, 0.3) is 0 Å². The van der Waals surface area contributed by atoms with Crippen LogP contribution in [0.4, 0.5) is 0 Å². The molecule has 2 rings (SSSR count). The molecule has 3 nitrogen and oxygen atoms in total. The largest absolute Gasteiger partial charge is 0.381 e. The minimum Gasteiger partial charge on any atom is -0.381 e. The molecule has 1 unspecified atom stereocenters. The van der Waals surface area contributed by atoms with Crippen molar-refractivity contribution in [2.24, 2.45) is 5.73 Å². The Balaban J connectivity index is 1.73. The summed E-state index contributed by atoms with van der Waals surface area (Å²) in [6, 6.07) is 10.7. The lowest BCUT2D eigenvalue weighted by Gasteiger charge is -2.32. The number of benzene rings is 1. The Kier molecular flexibility index (Phi) is 5.17. The fourth-order valence-corrected chi connectivity index (χ4v) is 2.64. The minimum absolute atomic E-state index is 0.228. The molecule has 1 aromatic carbocycles. The average Bonchev–Trinajstić information content (AvgIpc) is 2.40. The topological polar surface area (TPSA) is 38.5 Å². The maximum atomic E-state index is 6.23. The number of likely N-dealkylation sites (tertiary alicyclic amines) is 1. The summed E-state index contributed by atoms with van der Waals surface area (Å²) in [6.45, 7) is 3.22. The van der Waals surface area contributed by atoms with Crippen LogP contribution in [0.15, 0.2) is 30.3 Å². The molecule has 1 aliphatic rings. The van der Waals surface area contributed by atoms with Gasteiger partial charge in [0.15, 0.2) is 0 Å². The van der Waals surface area contributed by atoms with E-state index in [1.165, 1.54) is 5.56 Å². The first kappa shape index (κ1) is 13.5. The molecule has 1 aliphatic heterocycles. The predicted molar refractivity (Wildman–Crippen MR) is 74.6 cm³/mol. The molecule has 3 heteroatoms. The van der Waals surface area contributed by atoms with Crippen LogP contribution in [0, 0.1) is 0 Å². The van der Waals surface area contributed by atoms with E-state index < -0.39 is 0 Å². The normalized spacial score (nSPS) is 19.9. The van der Waals surface area contributed by atoms with Crippen molar-refractivity contribution in [2.75, 3.05) is 26.7 Å². The second kappa shape index (κ2) is 6.88. The van der Waals surface area contributed by atoms with E-state index >= 15 is 0 Å². The molecule has 1 atom stereocenters. The number of rotatable bonds is 5. The standard InChI is InChI=1S/C15H24N2O/c1-18-15-7-9-17(10-8-15)12-14(16)11-13-5-3-2-4-6-13/h2-6,14-15H,7-12,16H2,1H3. The van der Waals surface area contributed by atoms with Crippen LogP contribution in [0.25, 0.3) is 0 Å². The third-order valence-electron chi connectivity index (χ3n) is 3.70. The summed E-state index contributed by atoms with van der Waals surface area (Å²) in [5.41, 5.74) is 7.56. The van der Waals surface area contributed by atoms with Gasteiger partial charge in [-0.15, -0.1) is 0 Å². The molecule has 0 spiro atoms. The van der Waals surface area contributed by atoms with Crippen molar-refractivity contribution in [3.8, 4) is 0 Å². The van der Waals surface area contributed by atoms with Crippen LogP contribution >= 0.6 is 0 Å². The summed E-state index contributed by atoms with van der Waals surface area (Å²) in [5, 5.41) is 0. The maximum Gasteiger partial charge on any atom is 0.0595 e. The number of ether oxygens (including phenoxy) is 1. The summed E-state index contributed by atoms with van der Waals surface area (Å²) in [6.07, 6.45) is 3.68. The lowest BCUT2D eigenvalue weighted by atomic mass is 10.0. The molecular formula is C15H24N2O. The molecular weight excluding hydrogens is 224 g/mol. The van der Waals surface area contributed by atoms with Gasteiger partial charge in [0, 0.05) is 32.8 Å². The summed E-state index contributed by atoms with van der Waals surface area (Å²) in [4.78, 5) is 2.46. The molecule has 0 bridgehead atoms. The number of hydrogen-bond acceptors (Lipinski definition) is 3. The Morgan fingerprint density at radius 2 is 1.94 bits per heavy atom. The van der Waals surface area contributed by atoms with Crippen LogP contribution in [-0.2, 0) is 11.2 Å². The van der Waals surface area contributed by atoms with Gasteiger partial charge in [-0.25, -0.2) is 0 Å². The summed E-state index contributed by atoms with van der Waals surface area (Å²) < 4.78 is 5.38. The van der Waals surface area contributed by atoms with E-state index in [1.54, 1.807) is 0 Å². The first-order valence-electron chi connectivity index (χ1n) is 6.82. The monoisotopic (exact) mass is 248 g/mol. The fraction of sp³-hybridized carbons (Fsp3) is 0.600. The fourth-order valence-electron chi connectivity index (χ4n) is 2.64. The SMILES string of the molecule is COC1CCN(CC(N)Cc2ccccc2)CC1. The molecule has 1 aromatic rings. The van der Waals surface area contributed by atoms with Crippen LogP contribution in [0.2, 0.25) is 0 Å². The van der Waals surface area contributed by atoms with Gasteiger partial charge in [-0.2, -0.15) is 0 Å². The Labute approximate surface area is 110 Å². The van der Waals surface area contributed by atoms with Crippen LogP contribution < -0.4 is 5.73 Å². The summed E-state index contributed by atoms with van der Waals surface area (Å²) >= 11 is 0. The summed E-state index contributed by atoms with van der Waals surface area (Å²) in [5.74, 6) is 0. The second-order valence-electron chi connectivity index (χ2n) is 5.19. The number of hydrogen-bond donors (Lipinski definition) is 1. The first-order valence-corrected chi connectivity index (χ1v) is 6.82. The first-order chi connectivity index (χ1) is 8.78. The van der Waals surface area contributed by atoms with Crippen molar-refractivity contribution < 1.29 is 4.74 Å². The number of nitrogens with two attached hydrogens (primary N) is 1. The molecule has 0 saturated carbocycles. The Hall–Kier alpha value is -0.900. The average molecular weight is 248 g/mol. The zero-order valence-corrected chi connectivity index (χ0v) is 11.2. The lowest BCUT2D eigenvalue weighted by Crippen LogP contribution is -2.44. The van der Waals surface area contributed by atoms with E-state index in [1.807, 2.05) is 13.2 Å². The molecule has 1 fully saturated rings. The number of methoxy groups -OCH3 is 1. The van der Waals surface area contributed by atoms with Gasteiger partial charge >= 0.3 is 0 Å². The smallest absolute Gasteiger partial charge is 0.0595 e. The predicted octanol–water partition coefficient (Wildman–Crippen LogP) is 1.67. The van der Waals surface area contributed by atoms with Crippen LogP contribution in [0.5, 0.6) is 0 Å². The zero-order valence-electron chi connectivity index (χ0n) is 11.2. The van der Waals surface area contributed by atoms with Crippen molar-refractivity contribution >= 4 is 0 Å². The van der Waals surface area contributed by atoms with Gasteiger partial charge in [0.1, 0.15) is 0 Å². The van der Waals surface area contributed by atoms with Gasteiger partial charge in [-0.1, -0.05) is 30.3 Å². The van der Waals surface area contributed by atoms with Crippen LogP contribution in [0.3, 0.4) is 0 Å². The summed E-state index contributed by atoms with van der Waals surface area (Å²) in [7, 11) is 1.81. The van der Waals surface area contributed by atoms with E-state index in [2.05, 4.69) is 29.2 Å². The van der Waals surface area contributed by atoms with Gasteiger partial charge in [0.2, 0.25) is 0 Å². The quantitative estimate of drug-likeness (QED) is 0.861. The van der Waals surface area contributed by atoms with E-state index in [0.29, 0.717) is 6.10 Å². The van der Waals surface area contributed by atoms with E-state index in [-0.39, 0.29) is 6.04 Å². The van der Waals surface area contributed by atoms with Crippen LogP contribution in [0.1, 0.15) is 18.4 Å². The Morgan fingerprint density at radius 1 is 1.28 bits per heavy atom. The molecule has 1 heterocycles. The molecule has 18 heavy (non-hydrogen) atoms. The highest BCUT2D eigenvalue weighted by atomic mass is 16.5. The van der Waals surface area contributed by atoms with E-state index in [4.69, 9.17) is 10.5 Å². The van der Waals surface area contributed by atoms with Gasteiger partial charge in [-0.3, -0.25) is 0 Å². The number of piperidine rings is 1. The molecule has 0 radical (unpaired) electrons. The second-order valence-corrected chi connectivity index (χ2v) is 5.19. The van der Waals surface area contributed by atoms with Crippen molar-refractivity contribution in [1.82, 2.24) is 4.90 Å². The molecule has 0 amide bonds. The maximum absolute atomic E-state index is 6.23. The Bertz CT molecular complexity index is 334. The van der Waals surface area contributed by atoms with Crippen molar-refractivity contribution in [3.05, 3.63) is 35.9 Å². The zero-order chi connectivity index (χ0) is 12.8. The van der Waals surface area contributed by atoms with Crippen LogP contribution in [-0.4, -0.2) is 43.8 Å². The van der Waals surface area contributed by atoms with Gasteiger partial charge < -0.3 is 15.4 Å². The highest BCUT2D eigenvalue weighted by Gasteiger charge is 2.20. The van der Waals surface area contributed by atoms with Crippen molar-refractivity contribution in [1.29, 1.82) is 0 Å². The number of nitrogens with zero attached hydrogens (tertiary/aromatic N) is 1.